The SMILES string of the molecule is CCNC(=O)c1cccc(NC(=O)CNc2ccc(OCC3CCCO3)cc2)c1. The molecule has 154 valence electrons. The number of hydrogen-bond acceptors (Lipinski definition) is 5. The summed E-state index contributed by atoms with van der Waals surface area (Å²) in [4.78, 5) is 24.1. The number of carbonyl (C=O) groups excluding carboxylic acids is 2. The van der Waals surface area contributed by atoms with Crippen LogP contribution in [0.3, 0.4) is 0 Å². The van der Waals surface area contributed by atoms with Crippen molar-refractivity contribution in [1.82, 2.24) is 5.32 Å². The van der Waals surface area contributed by atoms with Crippen molar-refractivity contribution in [3.63, 3.8) is 0 Å². The average Bonchev–Trinajstić information content (AvgIpc) is 3.25. The van der Waals surface area contributed by atoms with Gasteiger partial charge in [0.1, 0.15) is 12.4 Å². The zero-order chi connectivity index (χ0) is 20.5. The molecule has 2 aromatic rings. The van der Waals surface area contributed by atoms with E-state index in [4.69, 9.17) is 9.47 Å². The maximum Gasteiger partial charge on any atom is 0.251 e. The molecule has 1 atom stereocenters. The summed E-state index contributed by atoms with van der Waals surface area (Å²) in [6.07, 6.45) is 2.32. The van der Waals surface area contributed by atoms with Gasteiger partial charge < -0.3 is 25.4 Å². The van der Waals surface area contributed by atoms with E-state index >= 15 is 0 Å². The zero-order valence-corrected chi connectivity index (χ0v) is 16.6. The highest BCUT2D eigenvalue weighted by molar-refractivity contribution is 5.98. The molecule has 1 aliphatic rings. The van der Waals surface area contributed by atoms with Gasteiger partial charge in [-0.2, -0.15) is 0 Å². The van der Waals surface area contributed by atoms with E-state index in [0.717, 1.165) is 30.9 Å². The van der Waals surface area contributed by atoms with E-state index in [2.05, 4.69) is 16.0 Å². The summed E-state index contributed by atoms with van der Waals surface area (Å²) in [6, 6.07) is 14.3. The Morgan fingerprint density at radius 2 is 1.97 bits per heavy atom. The van der Waals surface area contributed by atoms with Crippen molar-refractivity contribution in [2.24, 2.45) is 0 Å². The zero-order valence-electron chi connectivity index (χ0n) is 16.6. The Hall–Kier alpha value is -3.06. The minimum atomic E-state index is -0.197. The third-order valence-electron chi connectivity index (χ3n) is 4.51. The number of anilines is 2. The van der Waals surface area contributed by atoms with Gasteiger partial charge in [0.15, 0.2) is 0 Å². The van der Waals surface area contributed by atoms with Gasteiger partial charge in [0.05, 0.1) is 12.6 Å². The van der Waals surface area contributed by atoms with Crippen LogP contribution in [0.1, 0.15) is 30.1 Å². The number of amides is 2. The average molecular weight is 397 g/mol. The summed E-state index contributed by atoms with van der Waals surface area (Å²) in [6.45, 7) is 3.90. The lowest BCUT2D eigenvalue weighted by atomic mass is 10.2. The van der Waals surface area contributed by atoms with Crippen LogP contribution in [-0.4, -0.2) is 44.2 Å². The number of hydrogen-bond donors (Lipinski definition) is 3. The van der Waals surface area contributed by atoms with E-state index in [1.165, 1.54) is 0 Å². The molecule has 1 aliphatic heterocycles. The Morgan fingerprint density at radius 3 is 2.69 bits per heavy atom. The molecule has 0 saturated carbocycles. The van der Waals surface area contributed by atoms with Crippen molar-refractivity contribution in [2.75, 3.05) is 36.9 Å². The van der Waals surface area contributed by atoms with Crippen molar-refractivity contribution in [1.29, 1.82) is 0 Å². The molecule has 3 rings (SSSR count). The predicted molar refractivity (Wildman–Crippen MR) is 112 cm³/mol. The molecular weight excluding hydrogens is 370 g/mol. The quantitative estimate of drug-likeness (QED) is 0.605. The van der Waals surface area contributed by atoms with Gasteiger partial charge in [0.25, 0.3) is 5.91 Å². The largest absolute Gasteiger partial charge is 0.491 e. The highest BCUT2D eigenvalue weighted by Gasteiger charge is 2.15. The van der Waals surface area contributed by atoms with Gasteiger partial charge >= 0.3 is 0 Å². The van der Waals surface area contributed by atoms with Gasteiger partial charge in [-0.05, 0) is 62.2 Å². The maximum absolute atomic E-state index is 12.2. The summed E-state index contributed by atoms with van der Waals surface area (Å²) in [5.74, 6) is 0.415. The molecule has 7 nitrogen and oxygen atoms in total. The van der Waals surface area contributed by atoms with Crippen molar-refractivity contribution in [3.05, 3.63) is 54.1 Å². The summed E-state index contributed by atoms with van der Waals surface area (Å²) < 4.78 is 11.3. The second-order valence-electron chi connectivity index (χ2n) is 6.81. The Kier molecular flexibility index (Phi) is 7.47. The van der Waals surface area contributed by atoms with Crippen molar-refractivity contribution < 1.29 is 19.1 Å². The topological polar surface area (TPSA) is 88.7 Å². The van der Waals surface area contributed by atoms with Crippen LogP contribution in [0, 0.1) is 0 Å². The van der Waals surface area contributed by atoms with Gasteiger partial charge in [-0.1, -0.05) is 6.07 Å². The minimum Gasteiger partial charge on any atom is -0.491 e. The molecule has 1 saturated heterocycles. The summed E-state index contributed by atoms with van der Waals surface area (Å²) >= 11 is 0. The monoisotopic (exact) mass is 397 g/mol. The lowest BCUT2D eigenvalue weighted by Crippen LogP contribution is -2.24. The molecule has 3 N–H and O–H groups in total. The molecule has 2 aromatic carbocycles. The number of nitrogens with one attached hydrogen (secondary N) is 3. The Bertz CT molecular complexity index is 817. The summed E-state index contributed by atoms with van der Waals surface area (Å²) in [5, 5.41) is 8.60. The highest BCUT2D eigenvalue weighted by atomic mass is 16.5. The third-order valence-corrected chi connectivity index (χ3v) is 4.51. The van der Waals surface area contributed by atoms with Gasteiger partial charge in [0, 0.05) is 30.1 Å². The molecule has 1 unspecified atom stereocenters. The van der Waals surface area contributed by atoms with E-state index in [0.29, 0.717) is 24.4 Å². The molecule has 0 radical (unpaired) electrons. The standard InChI is InChI=1S/C22H27N3O4/c1-2-23-22(27)16-5-3-6-18(13-16)25-21(26)14-24-17-8-10-19(11-9-17)29-15-20-7-4-12-28-20/h3,5-6,8-11,13,20,24H,2,4,7,12,14-15H2,1H3,(H,23,27)(H,25,26). The lowest BCUT2D eigenvalue weighted by molar-refractivity contribution is -0.114. The second-order valence-corrected chi connectivity index (χ2v) is 6.81. The second kappa shape index (κ2) is 10.5. The van der Waals surface area contributed by atoms with Crippen molar-refractivity contribution in [2.45, 2.75) is 25.9 Å². The molecule has 2 amide bonds. The van der Waals surface area contributed by atoms with Crippen LogP contribution in [0.25, 0.3) is 0 Å². The third kappa shape index (κ3) is 6.50. The maximum atomic E-state index is 12.2. The lowest BCUT2D eigenvalue weighted by Gasteiger charge is -2.12. The van der Waals surface area contributed by atoms with Gasteiger partial charge in [-0.25, -0.2) is 0 Å². The first-order valence-corrected chi connectivity index (χ1v) is 9.90. The van der Waals surface area contributed by atoms with Crippen LogP contribution < -0.4 is 20.7 Å². The number of ether oxygens (including phenoxy) is 2. The number of rotatable bonds is 9. The molecule has 1 fully saturated rings. The number of carbonyl (C=O) groups is 2. The van der Waals surface area contributed by atoms with Crippen LogP contribution >= 0.6 is 0 Å². The van der Waals surface area contributed by atoms with E-state index < -0.39 is 0 Å². The van der Waals surface area contributed by atoms with Crippen LogP contribution in [0.15, 0.2) is 48.5 Å². The first kappa shape index (κ1) is 20.7. The Morgan fingerprint density at radius 1 is 1.14 bits per heavy atom. The van der Waals surface area contributed by atoms with E-state index in [-0.39, 0.29) is 24.5 Å². The van der Waals surface area contributed by atoms with E-state index in [1.807, 2.05) is 31.2 Å². The highest BCUT2D eigenvalue weighted by Crippen LogP contribution is 2.18. The molecule has 0 aromatic heterocycles. The Balaban J connectivity index is 1.44. The first-order chi connectivity index (χ1) is 14.1. The summed E-state index contributed by atoms with van der Waals surface area (Å²) in [7, 11) is 0. The van der Waals surface area contributed by atoms with Gasteiger partial charge in [-0.15, -0.1) is 0 Å². The van der Waals surface area contributed by atoms with Crippen molar-refractivity contribution >= 4 is 23.2 Å². The minimum absolute atomic E-state index is 0.113. The molecule has 0 aliphatic carbocycles. The van der Waals surface area contributed by atoms with Gasteiger partial charge in [-0.3, -0.25) is 9.59 Å². The normalized spacial score (nSPS) is 15.6. The van der Waals surface area contributed by atoms with E-state index in [9.17, 15) is 9.59 Å². The van der Waals surface area contributed by atoms with Crippen LogP contribution in [0.4, 0.5) is 11.4 Å². The Labute approximate surface area is 170 Å². The summed E-state index contributed by atoms with van der Waals surface area (Å²) in [5.41, 5.74) is 1.91. The molecular formula is C22H27N3O4. The smallest absolute Gasteiger partial charge is 0.251 e. The fraction of sp³-hybridized carbons (Fsp3) is 0.364. The van der Waals surface area contributed by atoms with Crippen LogP contribution in [-0.2, 0) is 9.53 Å². The fourth-order valence-corrected chi connectivity index (χ4v) is 3.02. The molecule has 0 bridgehead atoms. The molecule has 7 heteroatoms. The van der Waals surface area contributed by atoms with Crippen LogP contribution in [0.5, 0.6) is 5.75 Å². The predicted octanol–water partition coefficient (Wildman–Crippen LogP) is 3.04. The van der Waals surface area contributed by atoms with Crippen molar-refractivity contribution in [3.8, 4) is 5.75 Å². The molecule has 1 heterocycles. The molecule has 0 spiro atoms. The fourth-order valence-electron chi connectivity index (χ4n) is 3.02. The molecule has 29 heavy (non-hydrogen) atoms. The first-order valence-electron chi connectivity index (χ1n) is 9.90. The van der Waals surface area contributed by atoms with Gasteiger partial charge in [0.2, 0.25) is 5.91 Å². The van der Waals surface area contributed by atoms with Crippen LogP contribution in [0.2, 0.25) is 0 Å². The number of benzene rings is 2. The van der Waals surface area contributed by atoms with E-state index in [1.54, 1.807) is 24.3 Å².